The SMILES string of the molecule is O=C(O)CSc1nnc(-c2cc(O)cc(O)c2)n1C1CC1. The van der Waals surface area contributed by atoms with Crippen molar-refractivity contribution in [1.29, 1.82) is 0 Å². The summed E-state index contributed by atoms with van der Waals surface area (Å²) in [6, 6.07) is 4.47. The molecule has 1 aromatic carbocycles. The van der Waals surface area contributed by atoms with Crippen molar-refractivity contribution in [2.24, 2.45) is 0 Å². The van der Waals surface area contributed by atoms with Gasteiger partial charge in [-0.2, -0.15) is 0 Å². The Bertz CT molecular complexity index is 676. The zero-order valence-electron chi connectivity index (χ0n) is 10.9. The molecule has 0 aliphatic heterocycles. The minimum Gasteiger partial charge on any atom is -0.508 e. The monoisotopic (exact) mass is 307 g/mol. The normalized spacial score (nSPS) is 14.3. The van der Waals surface area contributed by atoms with Crippen LogP contribution in [0, 0.1) is 0 Å². The molecule has 0 saturated heterocycles. The zero-order chi connectivity index (χ0) is 15.0. The van der Waals surface area contributed by atoms with E-state index in [0.29, 0.717) is 16.5 Å². The Labute approximate surface area is 124 Å². The maximum absolute atomic E-state index is 10.7. The maximum Gasteiger partial charge on any atom is 0.313 e. The second kappa shape index (κ2) is 5.28. The van der Waals surface area contributed by atoms with E-state index in [1.807, 2.05) is 4.57 Å². The number of aromatic nitrogens is 3. The smallest absolute Gasteiger partial charge is 0.313 e. The Morgan fingerprint density at radius 2 is 1.90 bits per heavy atom. The molecule has 21 heavy (non-hydrogen) atoms. The van der Waals surface area contributed by atoms with Crippen molar-refractivity contribution in [2.75, 3.05) is 5.75 Å². The fourth-order valence-electron chi connectivity index (χ4n) is 2.08. The average Bonchev–Trinajstić information content (AvgIpc) is 3.15. The number of thioether (sulfide) groups is 1. The van der Waals surface area contributed by atoms with E-state index in [0.717, 1.165) is 24.6 Å². The van der Waals surface area contributed by atoms with Crippen LogP contribution in [0.5, 0.6) is 11.5 Å². The lowest BCUT2D eigenvalue weighted by Gasteiger charge is -2.08. The first-order valence-corrected chi connectivity index (χ1v) is 7.36. The van der Waals surface area contributed by atoms with E-state index < -0.39 is 5.97 Å². The van der Waals surface area contributed by atoms with Gasteiger partial charge in [-0.15, -0.1) is 10.2 Å². The van der Waals surface area contributed by atoms with E-state index in [-0.39, 0.29) is 23.3 Å². The molecule has 0 amide bonds. The molecule has 0 radical (unpaired) electrons. The molecule has 0 atom stereocenters. The predicted octanol–water partition coefficient (Wildman–Crippen LogP) is 1.87. The van der Waals surface area contributed by atoms with Crippen LogP contribution >= 0.6 is 11.8 Å². The van der Waals surface area contributed by atoms with Crippen LogP contribution in [-0.2, 0) is 4.79 Å². The first-order chi connectivity index (χ1) is 10.0. The molecule has 8 heteroatoms. The van der Waals surface area contributed by atoms with Gasteiger partial charge in [-0.3, -0.25) is 9.36 Å². The fourth-order valence-corrected chi connectivity index (χ4v) is 2.81. The second-order valence-corrected chi connectivity index (χ2v) is 5.77. The van der Waals surface area contributed by atoms with Gasteiger partial charge < -0.3 is 15.3 Å². The van der Waals surface area contributed by atoms with E-state index in [4.69, 9.17) is 5.11 Å². The molecule has 3 rings (SSSR count). The van der Waals surface area contributed by atoms with Crippen LogP contribution in [0.3, 0.4) is 0 Å². The Kier molecular flexibility index (Phi) is 3.46. The summed E-state index contributed by atoms with van der Waals surface area (Å²) in [5, 5.41) is 36.6. The predicted molar refractivity (Wildman–Crippen MR) is 75.4 cm³/mol. The third-order valence-corrected chi connectivity index (χ3v) is 3.99. The van der Waals surface area contributed by atoms with Crippen LogP contribution in [0.15, 0.2) is 23.4 Å². The number of phenolic OH excluding ortho intramolecular Hbond substituents is 2. The summed E-state index contributed by atoms with van der Waals surface area (Å²) in [5.74, 6) is -0.598. The molecule has 2 aromatic rings. The Balaban J connectivity index is 2.00. The van der Waals surface area contributed by atoms with E-state index in [1.165, 1.54) is 18.2 Å². The molecule has 1 aliphatic rings. The van der Waals surface area contributed by atoms with Crippen molar-refractivity contribution >= 4 is 17.7 Å². The summed E-state index contributed by atoms with van der Waals surface area (Å²) in [6.45, 7) is 0. The molecule has 1 saturated carbocycles. The van der Waals surface area contributed by atoms with Gasteiger partial charge in [0.05, 0.1) is 5.75 Å². The number of phenols is 2. The van der Waals surface area contributed by atoms with Crippen molar-refractivity contribution < 1.29 is 20.1 Å². The molecule has 0 spiro atoms. The lowest BCUT2D eigenvalue weighted by Crippen LogP contribution is -2.03. The molecule has 0 unspecified atom stereocenters. The number of rotatable bonds is 5. The summed E-state index contributed by atoms with van der Waals surface area (Å²) in [4.78, 5) is 10.7. The Morgan fingerprint density at radius 3 is 2.48 bits per heavy atom. The van der Waals surface area contributed by atoms with Crippen LogP contribution < -0.4 is 0 Å². The van der Waals surface area contributed by atoms with Crippen LogP contribution in [0.2, 0.25) is 0 Å². The number of benzene rings is 1. The largest absolute Gasteiger partial charge is 0.508 e. The first-order valence-electron chi connectivity index (χ1n) is 6.37. The summed E-state index contributed by atoms with van der Waals surface area (Å²) in [6.07, 6.45) is 1.97. The number of nitrogens with zero attached hydrogens (tertiary/aromatic N) is 3. The van der Waals surface area contributed by atoms with Crippen molar-refractivity contribution in [3.05, 3.63) is 18.2 Å². The summed E-state index contributed by atoms with van der Waals surface area (Å²) in [5.41, 5.74) is 0.550. The number of carboxylic acid groups (broad SMARTS) is 1. The minimum atomic E-state index is -0.915. The first kappa shape index (κ1) is 13.7. The third kappa shape index (κ3) is 2.94. The number of hydrogen-bond acceptors (Lipinski definition) is 6. The molecule has 1 heterocycles. The van der Waals surface area contributed by atoms with E-state index in [9.17, 15) is 15.0 Å². The van der Waals surface area contributed by atoms with Crippen LogP contribution in [0.1, 0.15) is 18.9 Å². The number of aromatic hydroxyl groups is 2. The molecule has 1 fully saturated rings. The van der Waals surface area contributed by atoms with Crippen LogP contribution in [0.4, 0.5) is 0 Å². The van der Waals surface area contributed by atoms with Gasteiger partial charge in [0.1, 0.15) is 11.5 Å². The van der Waals surface area contributed by atoms with Gasteiger partial charge in [0.15, 0.2) is 11.0 Å². The summed E-state index contributed by atoms with van der Waals surface area (Å²) < 4.78 is 1.88. The van der Waals surface area contributed by atoms with Gasteiger partial charge in [0, 0.05) is 17.7 Å². The molecule has 0 bridgehead atoms. The zero-order valence-corrected chi connectivity index (χ0v) is 11.7. The highest BCUT2D eigenvalue weighted by Crippen LogP contribution is 2.41. The lowest BCUT2D eigenvalue weighted by atomic mass is 10.2. The quantitative estimate of drug-likeness (QED) is 0.723. The molecular formula is C13H13N3O4S. The molecule has 3 N–H and O–H groups in total. The van der Waals surface area contributed by atoms with Gasteiger partial charge in [-0.1, -0.05) is 11.8 Å². The van der Waals surface area contributed by atoms with E-state index in [2.05, 4.69) is 10.2 Å². The van der Waals surface area contributed by atoms with Gasteiger partial charge in [-0.25, -0.2) is 0 Å². The molecule has 110 valence electrons. The van der Waals surface area contributed by atoms with Crippen molar-refractivity contribution in [3.63, 3.8) is 0 Å². The van der Waals surface area contributed by atoms with Gasteiger partial charge in [0.2, 0.25) is 0 Å². The second-order valence-electron chi connectivity index (χ2n) is 4.83. The number of carbonyl (C=O) groups is 1. The highest BCUT2D eigenvalue weighted by atomic mass is 32.2. The molecule has 1 aliphatic carbocycles. The van der Waals surface area contributed by atoms with Crippen molar-refractivity contribution in [1.82, 2.24) is 14.8 Å². The van der Waals surface area contributed by atoms with E-state index in [1.54, 1.807) is 0 Å². The Morgan fingerprint density at radius 1 is 1.24 bits per heavy atom. The summed E-state index contributed by atoms with van der Waals surface area (Å²) in [7, 11) is 0. The topological polar surface area (TPSA) is 108 Å². The van der Waals surface area contributed by atoms with Crippen LogP contribution in [-0.4, -0.2) is 41.8 Å². The average molecular weight is 307 g/mol. The fraction of sp³-hybridized carbons (Fsp3) is 0.308. The molecule has 1 aromatic heterocycles. The van der Waals surface area contributed by atoms with Crippen molar-refractivity contribution in [3.8, 4) is 22.9 Å². The number of aliphatic carboxylic acids is 1. The maximum atomic E-state index is 10.7. The van der Waals surface area contributed by atoms with E-state index >= 15 is 0 Å². The number of hydrogen-bond donors (Lipinski definition) is 3. The third-order valence-electron chi connectivity index (χ3n) is 3.06. The molecule has 7 nitrogen and oxygen atoms in total. The van der Waals surface area contributed by atoms with Crippen molar-refractivity contribution in [2.45, 2.75) is 24.0 Å². The van der Waals surface area contributed by atoms with Gasteiger partial charge in [0.25, 0.3) is 0 Å². The highest BCUT2D eigenvalue weighted by molar-refractivity contribution is 7.99. The van der Waals surface area contributed by atoms with Crippen LogP contribution in [0.25, 0.3) is 11.4 Å². The highest BCUT2D eigenvalue weighted by Gasteiger charge is 2.30. The minimum absolute atomic E-state index is 0.0601. The van der Waals surface area contributed by atoms with Gasteiger partial charge >= 0.3 is 5.97 Å². The lowest BCUT2D eigenvalue weighted by molar-refractivity contribution is -0.133. The molecular weight excluding hydrogens is 294 g/mol. The van der Waals surface area contributed by atoms with Gasteiger partial charge in [-0.05, 0) is 25.0 Å². The standard InChI is InChI=1S/C13H13N3O4S/c17-9-3-7(4-10(18)5-9)12-14-15-13(21-6-11(19)20)16(12)8-1-2-8/h3-5,8,17-18H,1-2,6H2,(H,19,20). The number of carboxylic acids is 1. The summed E-state index contributed by atoms with van der Waals surface area (Å²) >= 11 is 1.11. The Hall–Kier alpha value is -2.22.